The molecule has 2 N–H and O–H groups in total. The maximum absolute atomic E-state index is 8.33. The first-order valence-electron chi connectivity index (χ1n) is 2.17. The van der Waals surface area contributed by atoms with Crippen molar-refractivity contribution in [1.29, 1.82) is 0 Å². The van der Waals surface area contributed by atoms with Crippen LogP contribution in [0.1, 0.15) is 6.92 Å². The zero-order valence-corrected chi connectivity index (χ0v) is 10.9. The first-order valence-corrected chi connectivity index (χ1v) is 2.17. The van der Waals surface area contributed by atoms with Gasteiger partial charge in [0.1, 0.15) is 0 Å². The minimum atomic E-state index is -2.33. The van der Waals surface area contributed by atoms with Gasteiger partial charge in [-0.2, -0.15) is 0 Å². The standard InChI is InChI=1S/C3H8O2.CH2O3.2Na/c1-3(5)2-4;2-1(3)4;;/h3-5H,2H2,1H3;(H2,2,3,4);;/q;;2*+1/p-2. The van der Waals surface area contributed by atoms with Crippen LogP contribution in [-0.4, -0.2) is 29.1 Å². The SMILES string of the molecule is CC(O)CO.O=C([O-])[O-].[Na+].[Na+]. The third kappa shape index (κ3) is 92.9. The topological polar surface area (TPSA) is 104 Å². The van der Waals surface area contributed by atoms with Crippen LogP contribution >= 0.6 is 0 Å². The molecule has 56 valence electrons. The molecule has 0 amide bonds. The second-order valence-corrected chi connectivity index (χ2v) is 1.28. The molecule has 0 aromatic heterocycles. The predicted molar refractivity (Wildman–Crippen MR) is 24.2 cm³/mol. The summed E-state index contributed by atoms with van der Waals surface area (Å²) in [7, 11) is 0. The zero-order chi connectivity index (χ0) is 7.86. The van der Waals surface area contributed by atoms with Gasteiger partial charge in [0.05, 0.1) is 12.7 Å². The largest absolute Gasteiger partial charge is 1.00 e. The van der Waals surface area contributed by atoms with Crippen molar-refractivity contribution in [3.63, 3.8) is 0 Å². The molecule has 1 unspecified atom stereocenters. The number of carboxylic acid groups (broad SMARTS) is 2. The van der Waals surface area contributed by atoms with Gasteiger partial charge in [-0.3, -0.25) is 0 Å². The molecule has 5 nitrogen and oxygen atoms in total. The van der Waals surface area contributed by atoms with E-state index in [1.54, 1.807) is 0 Å². The molecule has 0 saturated carbocycles. The first kappa shape index (κ1) is 22.8. The van der Waals surface area contributed by atoms with Crippen LogP contribution in [0.2, 0.25) is 0 Å². The van der Waals surface area contributed by atoms with Crippen molar-refractivity contribution in [2.24, 2.45) is 0 Å². The zero-order valence-electron chi connectivity index (χ0n) is 6.90. The molecular weight excluding hydrogens is 174 g/mol. The van der Waals surface area contributed by atoms with E-state index < -0.39 is 12.3 Å². The van der Waals surface area contributed by atoms with Crippen LogP contribution in [0.4, 0.5) is 4.79 Å². The quantitative estimate of drug-likeness (QED) is 0.392. The Morgan fingerprint density at radius 3 is 1.55 bits per heavy atom. The normalized spacial score (nSPS) is 9.00. The first-order chi connectivity index (χ1) is 4.00. The molecule has 0 aliphatic heterocycles. The average Bonchev–Trinajstić information content (AvgIpc) is 1.65. The van der Waals surface area contributed by atoms with E-state index in [0.29, 0.717) is 0 Å². The number of carbonyl (C=O) groups is 1. The number of rotatable bonds is 1. The van der Waals surface area contributed by atoms with Gasteiger partial charge in [0, 0.05) is 0 Å². The maximum atomic E-state index is 8.33. The monoisotopic (exact) mass is 182 g/mol. The van der Waals surface area contributed by atoms with Crippen LogP contribution in [0.5, 0.6) is 0 Å². The van der Waals surface area contributed by atoms with Gasteiger partial charge in [-0.25, -0.2) is 0 Å². The molecule has 7 heteroatoms. The molecule has 0 aliphatic rings. The van der Waals surface area contributed by atoms with Crippen LogP contribution < -0.4 is 69.3 Å². The molecule has 0 aromatic rings. The van der Waals surface area contributed by atoms with Crippen LogP contribution in [0.3, 0.4) is 0 Å². The summed E-state index contributed by atoms with van der Waals surface area (Å²) in [5.74, 6) is 0. The summed E-state index contributed by atoms with van der Waals surface area (Å²) in [6, 6.07) is 0. The smallest absolute Gasteiger partial charge is 0.652 e. The van der Waals surface area contributed by atoms with Gasteiger partial charge in [0.2, 0.25) is 0 Å². The van der Waals surface area contributed by atoms with E-state index in [9.17, 15) is 0 Å². The van der Waals surface area contributed by atoms with Crippen molar-refractivity contribution in [2.45, 2.75) is 13.0 Å². The summed E-state index contributed by atoms with van der Waals surface area (Å²) in [6.07, 6.45) is -2.89. The molecule has 0 aliphatic carbocycles. The van der Waals surface area contributed by atoms with Crippen molar-refractivity contribution in [3.8, 4) is 0 Å². The minimum Gasteiger partial charge on any atom is -0.652 e. The predicted octanol–water partition coefficient (Wildman–Crippen LogP) is -9.08. The Morgan fingerprint density at radius 2 is 1.55 bits per heavy atom. The fourth-order valence-electron chi connectivity index (χ4n) is 0. The van der Waals surface area contributed by atoms with Gasteiger partial charge in [-0.15, -0.1) is 0 Å². The molecule has 0 fully saturated rings. The van der Waals surface area contributed by atoms with Crippen molar-refractivity contribution in [1.82, 2.24) is 0 Å². The van der Waals surface area contributed by atoms with Crippen molar-refractivity contribution < 1.29 is 84.3 Å². The van der Waals surface area contributed by atoms with Crippen molar-refractivity contribution >= 4 is 6.16 Å². The number of carbonyl (C=O) groups excluding carboxylic acids is 1. The summed E-state index contributed by atoms with van der Waals surface area (Å²) in [5.41, 5.74) is 0. The van der Waals surface area contributed by atoms with Crippen LogP contribution in [0, 0.1) is 0 Å². The summed E-state index contributed by atoms with van der Waals surface area (Å²) in [6.45, 7) is 1.39. The summed E-state index contributed by atoms with van der Waals surface area (Å²) >= 11 is 0. The summed E-state index contributed by atoms with van der Waals surface area (Å²) in [4.78, 5) is 8.33. The van der Waals surface area contributed by atoms with Gasteiger partial charge in [0.25, 0.3) is 0 Å². The van der Waals surface area contributed by atoms with Gasteiger partial charge in [0.15, 0.2) is 0 Å². The molecule has 1 atom stereocenters. The fourth-order valence-corrected chi connectivity index (χ4v) is 0. The Balaban J connectivity index is -0.0000000383. The maximum Gasteiger partial charge on any atom is 1.00 e. The Kier molecular flexibility index (Phi) is 35.8. The number of hydrogen-bond acceptors (Lipinski definition) is 5. The average molecular weight is 182 g/mol. The number of aliphatic hydroxyl groups excluding tert-OH is 2. The summed E-state index contributed by atoms with van der Waals surface area (Å²) in [5, 5.41) is 32.7. The number of hydrogen-bond donors (Lipinski definition) is 2. The van der Waals surface area contributed by atoms with Gasteiger partial charge in [-0.05, 0) is 13.1 Å². The molecule has 0 spiro atoms. The second-order valence-electron chi connectivity index (χ2n) is 1.28. The Hall–Kier alpha value is 1.19. The molecule has 0 aromatic carbocycles. The van der Waals surface area contributed by atoms with E-state index in [2.05, 4.69) is 0 Å². The van der Waals surface area contributed by atoms with E-state index in [1.807, 2.05) is 0 Å². The molecular formula is C4H8Na2O5. The van der Waals surface area contributed by atoms with Crippen LogP contribution in [-0.2, 0) is 0 Å². The molecule has 0 rings (SSSR count). The van der Waals surface area contributed by atoms with E-state index in [4.69, 9.17) is 25.2 Å². The van der Waals surface area contributed by atoms with E-state index >= 15 is 0 Å². The van der Waals surface area contributed by atoms with E-state index in [-0.39, 0.29) is 65.7 Å². The van der Waals surface area contributed by atoms with E-state index in [1.165, 1.54) is 6.92 Å². The minimum absolute atomic E-state index is 0. The second kappa shape index (κ2) is 17.3. The van der Waals surface area contributed by atoms with E-state index in [0.717, 1.165) is 0 Å². The van der Waals surface area contributed by atoms with Crippen molar-refractivity contribution in [2.75, 3.05) is 6.61 Å². The Bertz CT molecular complexity index is 72.9. The molecule has 0 saturated heterocycles. The summed E-state index contributed by atoms with van der Waals surface area (Å²) < 4.78 is 0. The Labute approximate surface area is 109 Å². The van der Waals surface area contributed by atoms with Crippen molar-refractivity contribution in [3.05, 3.63) is 0 Å². The van der Waals surface area contributed by atoms with Gasteiger partial charge < -0.3 is 25.2 Å². The molecule has 0 radical (unpaired) electrons. The number of aliphatic hydroxyl groups is 2. The Morgan fingerprint density at radius 1 is 1.45 bits per heavy atom. The molecule has 0 heterocycles. The molecule has 11 heavy (non-hydrogen) atoms. The van der Waals surface area contributed by atoms with Gasteiger partial charge >= 0.3 is 59.1 Å². The molecule has 0 bridgehead atoms. The fraction of sp³-hybridized carbons (Fsp3) is 0.750. The van der Waals surface area contributed by atoms with Gasteiger partial charge in [-0.1, -0.05) is 0 Å². The van der Waals surface area contributed by atoms with Crippen LogP contribution in [0.25, 0.3) is 0 Å². The third-order valence-corrected chi connectivity index (χ3v) is 0.264. The third-order valence-electron chi connectivity index (χ3n) is 0.264. The van der Waals surface area contributed by atoms with Crippen LogP contribution in [0.15, 0.2) is 0 Å².